The Morgan fingerprint density at radius 3 is 2.45 bits per heavy atom. The highest BCUT2D eigenvalue weighted by Crippen LogP contribution is 2.34. The Bertz CT molecular complexity index is 578. The molecule has 1 N–H and O–H groups in total. The molecule has 1 aromatic carbocycles. The molecule has 0 amide bonds. The number of alkyl halides is 2. The number of ether oxygens (including phenoxy) is 1. The highest BCUT2D eigenvalue weighted by Gasteiger charge is 2.13. The molecule has 0 radical (unpaired) electrons. The maximum atomic E-state index is 12.3. The number of hydrogen-bond donors (Lipinski definition) is 1. The number of aromatic nitrogens is 2. The van der Waals surface area contributed by atoms with E-state index < -0.39 is 5.76 Å². The van der Waals surface area contributed by atoms with Gasteiger partial charge in [-0.2, -0.15) is 8.78 Å². The fourth-order valence-electron chi connectivity index (χ4n) is 1.75. The molecule has 0 atom stereocenters. The zero-order chi connectivity index (χ0) is 14.5. The quantitative estimate of drug-likeness (QED) is 0.856. The van der Waals surface area contributed by atoms with Gasteiger partial charge in [0.2, 0.25) is 0 Å². The molecule has 7 heteroatoms. The van der Waals surface area contributed by atoms with Crippen LogP contribution in [0.3, 0.4) is 0 Å². The summed E-state index contributed by atoms with van der Waals surface area (Å²) in [7, 11) is 3.26. The first-order chi connectivity index (χ1) is 9.65. The zero-order valence-electron chi connectivity index (χ0n) is 10.9. The second-order valence-corrected chi connectivity index (χ2v) is 4.82. The molecule has 0 saturated heterocycles. The minimum Gasteiger partial charge on any atom is -0.491 e. The van der Waals surface area contributed by atoms with Crippen LogP contribution in [0.1, 0.15) is 0 Å². The Balaban J connectivity index is 2.36. The van der Waals surface area contributed by atoms with Crippen molar-refractivity contribution in [3.8, 4) is 17.0 Å². The maximum absolute atomic E-state index is 12.3. The predicted molar refractivity (Wildman–Crippen MR) is 75.4 cm³/mol. The van der Waals surface area contributed by atoms with Crippen LogP contribution in [0, 0.1) is 0 Å². The number of halogens is 2. The van der Waals surface area contributed by atoms with Crippen molar-refractivity contribution < 1.29 is 13.5 Å². The number of anilines is 1. The van der Waals surface area contributed by atoms with Crippen LogP contribution >= 0.6 is 11.8 Å². The molecule has 0 fully saturated rings. The molecule has 0 saturated carbocycles. The first-order valence-corrected chi connectivity index (χ1v) is 6.65. The standard InChI is InChI=1S/C13H13F2N3OS/c1-16-12-11(19-2)10(17-7-18-12)8-3-5-9(6-4-8)20-13(14)15/h3-7,13H,1-2H3,(H,16,17,18). The summed E-state index contributed by atoms with van der Waals surface area (Å²) < 4.78 is 29.9. The number of thioether (sulfide) groups is 1. The summed E-state index contributed by atoms with van der Waals surface area (Å²) in [5.41, 5.74) is 1.39. The fourth-order valence-corrected chi connectivity index (χ4v) is 2.24. The topological polar surface area (TPSA) is 47.0 Å². The number of rotatable bonds is 5. The molecule has 2 rings (SSSR count). The Labute approximate surface area is 119 Å². The van der Waals surface area contributed by atoms with Crippen LogP contribution in [0.25, 0.3) is 11.3 Å². The molecular formula is C13H13F2N3OS. The van der Waals surface area contributed by atoms with E-state index in [2.05, 4.69) is 15.3 Å². The van der Waals surface area contributed by atoms with Gasteiger partial charge in [0.1, 0.15) is 12.0 Å². The van der Waals surface area contributed by atoms with Crippen LogP contribution in [-0.4, -0.2) is 29.9 Å². The number of hydrogen-bond acceptors (Lipinski definition) is 5. The number of nitrogens with one attached hydrogen (secondary N) is 1. The minimum atomic E-state index is -2.43. The van der Waals surface area contributed by atoms with E-state index >= 15 is 0 Å². The third-order valence-electron chi connectivity index (χ3n) is 2.60. The van der Waals surface area contributed by atoms with Crippen molar-refractivity contribution in [2.75, 3.05) is 19.5 Å². The largest absolute Gasteiger partial charge is 0.491 e. The number of benzene rings is 1. The molecule has 1 heterocycles. The molecule has 0 aliphatic carbocycles. The van der Waals surface area contributed by atoms with Gasteiger partial charge >= 0.3 is 0 Å². The van der Waals surface area contributed by atoms with E-state index in [1.165, 1.54) is 13.4 Å². The summed E-state index contributed by atoms with van der Waals surface area (Å²) in [5, 5.41) is 2.91. The van der Waals surface area contributed by atoms with E-state index in [9.17, 15) is 8.78 Å². The summed E-state index contributed by atoms with van der Waals surface area (Å²) in [4.78, 5) is 8.75. The van der Waals surface area contributed by atoms with Gasteiger partial charge in [0.25, 0.3) is 5.76 Å². The van der Waals surface area contributed by atoms with Crippen molar-refractivity contribution in [2.45, 2.75) is 10.7 Å². The highest BCUT2D eigenvalue weighted by molar-refractivity contribution is 7.99. The van der Waals surface area contributed by atoms with E-state index in [1.54, 1.807) is 31.3 Å². The van der Waals surface area contributed by atoms with Gasteiger partial charge in [0.15, 0.2) is 11.6 Å². The lowest BCUT2D eigenvalue weighted by atomic mass is 10.1. The molecule has 0 unspecified atom stereocenters. The van der Waals surface area contributed by atoms with Crippen molar-refractivity contribution >= 4 is 17.6 Å². The Kier molecular flexibility index (Phi) is 4.73. The van der Waals surface area contributed by atoms with E-state index in [0.717, 1.165) is 5.56 Å². The van der Waals surface area contributed by atoms with Crippen LogP contribution in [-0.2, 0) is 0 Å². The summed E-state index contributed by atoms with van der Waals surface area (Å²) in [6.45, 7) is 0. The Morgan fingerprint density at radius 1 is 1.20 bits per heavy atom. The van der Waals surface area contributed by atoms with Gasteiger partial charge in [0, 0.05) is 17.5 Å². The lowest BCUT2D eigenvalue weighted by Crippen LogP contribution is -2.00. The number of nitrogens with zero attached hydrogens (tertiary/aromatic N) is 2. The summed E-state index contributed by atoms with van der Waals surface area (Å²) in [6, 6.07) is 6.73. The van der Waals surface area contributed by atoms with Crippen LogP contribution in [0.4, 0.5) is 14.6 Å². The van der Waals surface area contributed by atoms with Crippen molar-refractivity contribution in [1.82, 2.24) is 9.97 Å². The normalized spacial score (nSPS) is 10.7. The molecule has 4 nitrogen and oxygen atoms in total. The third kappa shape index (κ3) is 3.16. The predicted octanol–water partition coefficient (Wildman–Crippen LogP) is 3.51. The molecule has 0 bridgehead atoms. The van der Waals surface area contributed by atoms with Gasteiger partial charge in [-0.1, -0.05) is 23.9 Å². The lowest BCUT2D eigenvalue weighted by molar-refractivity contribution is 0.252. The van der Waals surface area contributed by atoms with E-state index in [1.807, 2.05) is 0 Å². The van der Waals surface area contributed by atoms with Crippen LogP contribution < -0.4 is 10.1 Å². The van der Waals surface area contributed by atoms with Gasteiger partial charge in [-0.05, 0) is 12.1 Å². The van der Waals surface area contributed by atoms with Crippen molar-refractivity contribution in [3.63, 3.8) is 0 Å². The molecule has 0 aliphatic heterocycles. The van der Waals surface area contributed by atoms with Gasteiger partial charge in [0.05, 0.1) is 7.11 Å². The first kappa shape index (κ1) is 14.5. The van der Waals surface area contributed by atoms with Gasteiger partial charge in [-0.25, -0.2) is 9.97 Å². The lowest BCUT2D eigenvalue weighted by Gasteiger charge is -2.11. The fraction of sp³-hybridized carbons (Fsp3) is 0.231. The van der Waals surface area contributed by atoms with E-state index in [-0.39, 0.29) is 0 Å². The van der Waals surface area contributed by atoms with Crippen molar-refractivity contribution in [2.24, 2.45) is 0 Å². The maximum Gasteiger partial charge on any atom is 0.288 e. The second kappa shape index (κ2) is 6.51. The van der Waals surface area contributed by atoms with Crippen molar-refractivity contribution in [3.05, 3.63) is 30.6 Å². The van der Waals surface area contributed by atoms with Crippen molar-refractivity contribution in [1.29, 1.82) is 0 Å². The van der Waals surface area contributed by atoms with Crippen LogP contribution in [0.5, 0.6) is 5.75 Å². The molecule has 2 aromatic rings. The zero-order valence-corrected chi connectivity index (χ0v) is 11.7. The van der Waals surface area contributed by atoms with E-state index in [0.29, 0.717) is 33.9 Å². The molecule has 106 valence electrons. The monoisotopic (exact) mass is 297 g/mol. The Morgan fingerprint density at radius 2 is 1.90 bits per heavy atom. The highest BCUT2D eigenvalue weighted by atomic mass is 32.2. The molecule has 20 heavy (non-hydrogen) atoms. The summed E-state index contributed by atoms with van der Waals surface area (Å²) in [5.74, 6) is -1.34. The average Bonchev–Trinajstić information content (AvgIpc) is 2.46. The SMILES string of the molecule is CNc1ncnc(-c2ccc(SC(F)F)cc2)c1OC. The molecule has 0 spiro atoms. The van der Waals surface area contributed by atoms with Gasteiger partial charge < -0.3 is 10.1 Å². The van der Waals surface area contributed by atoms with Gasteiger partial charge in [-0.3, -0.25) is 0 Å². The first-order valence-electron chi connectivity index (χ1n) is 5.77. The van der Waals surface area contributed by atoms with E-state index in [4.69, 9.17) is 4.74 Å². The number of methoxy groups -OCH3 is 1. The van der Waals surface area contributed by atoms with Crippen LogP contribution in [0.15, 0.2) is 35.5 Å². The molecule has 1 aromatic heterocycles. The molecular weight excluding hydrogens is 284 g/mol. The summed E-state index contributed by atoms with van der Waals surface area (Å²) in [6.07, 6.45) is 1.42. The average molecular weight is 297 g/mol. The second-order valence-electron chi connectivity index (χ2n) is 3.76. The summed E-state index contributed by atoms with van der Waals surface area (Å²) >= 11 is 0.510. The smallest absolute Gasteiger partial charge is 0.288 e. The minimum absolute atomic E-state index is 0.505. The van der Waals surface area contributed by atoms with Gasteiger partial charge in [-0.15, -0.1) is 0 Å². The Hall–Kier alpha value is -1.89. The third-order valence-corrected chi connectivity index (χ3v) is 3.32. The van der Waals surface area contributed by atoms with Crippen LogP contribution in [0.2, 0.25) is 0 Å². The molecule has 0 aliphatic rings.